The van der Waals surface area contributed by atoms with Crippen LogP contribution in [0.25, 0.3) is 20.9 Å². The summed E-state index contributed by atoms with van der Waals surface area (Å²) >= 11 is 1.73. The number of ketones is 1. The second-order valence-electron chi connectivity index (χ2n) is 14.0. The lowest BCUT2D eigenvalue weighted by molar-refractivity contribution is -0.137. The fraction of sp³-hybridized carbons (Fsp3) is 0.286. The molecule has 53 heavy (non-hydrogen) atoms. The van der Waals surface area contributed by atoms with Crippen molar-refractivity contribution in [1.82, 2.24) is 15.0 Å². The Kier molecular flexibility index (Phi) is 10.7. The van der Waals surface area contributed by atoms with Gasteiger partial charge in [0.25, 0.3) is 0 Å². The van der Waals surface area contributed by atoms with E-state index >= 15 is 0 Å². The van der Waals surface area contributed by atoms with Gasteiger partial charge < -0.3 is 5.73 Å². The highest BCUT2D eigenvalue weighted by Gasteiger charge is 2.31. The van der Waals surface area contributed by atoms with Crippen LogP contribution < -0.4 is 5.73 Å². The van der Waals surface area contributed by atoms with Crippen molar-refractivity contribution in [3.05, 3.63) is 129 Å². The molecule has 0 atom stereocenters. The van der Waals surface area contributed by atoms with E-state index in [1.54, 1.807) is 11.3 Å². The second-order valence-corrected chi connectivity index (χ2v) is 17.3. The molecule has 0 amide bonds. The van der Waals surface area contributed by atoms with Crippen LogP contribution in [-0.2, 0) is 12.6 Å². The molecule has 2 saturated carbocycles. The van der Waals surface area contributed by atoms with Crippen molar-refractivity contribution in [3.63, 3.8) is 0 Å². The lowest BCUT2D eigenvalue weighted by Crippen LogP contribution is -2.09. The maximum Gasteiger partial charge on any atom is 0.416 e. The Morgan fingerprint density at radius 2 is 1.42 bits per heavy atom. The average Bonchev–Trinajstić information content (AvgIpc) is 4.05. The van der Waals surface area contributed by atoms with Crippen molar-refractivity contribution in [3.8, 4) is 10.7 Å². The van der Waals surface area contributed by atoms with Crippen LogP contribution >= 0.6 is 32.9 Å². The number of rotatable bonds is 9. The van der Waals surface area contributed by atoms with Crippen LogP contribution in [0.15, 0.2) is 88.9 Å². The number of carbonyl (C=O) groups excluding carboxylic acids is 1. The molecule has 0 radical (unpaired) electrons. The van der Waals surface area contributed by atoms with Gasteiger partial charge >= 0.3 is 6.18 Å². The predicted octanol–water partition coefficient (Wildman–Crippen LogP) is 12.3. The molecule has 0 aliphatic heterocycles. The van der Waals surface area contributed by atoms with E-state index in [0.717, 1.165) is 55.9 Å². The first-order valence-electron chi connectivity index (χ1n) is 17.6. The molecule has 0 spiro atoms. The number of benzene rings is 3. The van der Waals surface area contributed by atoms with E-state index in [2.05, 4.69) is 54.1 Å². The molecule has 3 aromatic carbocycles. The molecule has 2 aliphatic carbocycles. The highest BCUT2D eigenvalue weighted by atomic mass is 33.1. The third kappa shape index (κ3) is 8.96. The number of nitrogens with zero attached hydrogens (tertiary/aromatic N) is 3. The molecule has 2 aliphatic rings. The van der Waals surface area contributed by atoms with Gasteiger partial charge in [0.05, 0.1) is 15.8 Å². The number of nitrogens with two attached hydrogens (primary N) is 1. The molecule has 5 nitrogen and oxygen atoms in total. The number of pyridine rings is 2. The van der Waals surface area contributed by atoms with Gasteiger partial charge in [0, 0.05) is 34.3 Å². The molecule has 2 fully saturated rings. The Morgan fingerprint density at radius 3 is 2.06 bits per heavy atom. The summed E-state index contributed by atoms with van der Waals surface area (Å²) in [5, 5.41) is 1.03. The average molecular weight is 769 g/mol. The van der Waals surface area contributed by atoms with Gasteiger partial charge in [-0.05, 0) is 135 Å². The first-order chi connectivity index (χ1) is 25.3. The third-order valence-electron chi connectivity index (χ3n) is 9.43. The Balaban J connectivity index is 0.000000184. The number of hydrogen-bond donors (Lipinski definition) is 1. The standard InChI is InChI=1S/C25H23F3N2OS2.C17H16N2S/c1-14-3-7-22(32-33-23-8-6-19(12-20(23)29)25(26,27)28)17(9-14)11-21(31)24-15(2)10-18(13-30-24)16-4-5-16;1-10-3-6-15-14(7-10)19-17(20-15)16-11(2)8-13(9-18-16)12-4-5-12/h3,6-10,12-13,16H,4-5,11,29H2,1-2H3;3,6-9,12H,4-5H2,1-2H3. The number of Topliss-reactive ketones (excluding diaryl/α,β-unsaturated/α-hetero) is 1. The summed E-state index contributed by atoms with van der Waals surface area (Å²) < 4.78 is 39.9. The lowest BCUT2D eigenvalue weighted by atomic mass is 10.0. The number of halogens is 3. The molecular weight excluding hydrogens is 730 g/mol. The maximum atomic E-state index is 13.0. The van der Waals surface area contributed by atoms with E-state index in [1.165, 1.54) is 80.3 Å². The SMILES string of the molecule is Cc1ccc(SSc2ccc(C(F)(F)F)cc2N)c(CC(=O)c2ncc(C3CC3)cc2C)c1.Cc1ccc2sc(-c3ncc(C4CC4)cc3C)nc2c1. The van der Waals surface area contributed by atoms with Crippen LogP contribution in [0.4, 0.5) is 18.9 Å². The number of thiazole rings is 1. The van der Waals surface area contributed by atoms with E-state index in [-0.39, 0.29) is 17.9 Å². The van der Waals surface area contributed by atoms with Gasteiger partial charge in [-0.3, -0.25) is 14.8 Å². The second kappa shape index (κ2) is 15.3. The van der Waals surface area contributed by atoms with Gasteiger partial charge in [-0.2, -0.15) is 13.2 Å². The molecule has 0 saturated heterocycles. The number of carbonyl (C=O) groups is 1. The van der Waals surface area contributed by atoms with E-state index < -0.39 is 11.7 Å². The fourth-order valence-electron chi connectivity index (χ4n) is 6.20. The summed E-state index contributed by atoms with van der Waals surface area (Å²) in [5.74, 6) is 1.28. The summed E-state index contributed by atoms with van der Waals surface area (Å²) in [4.78, 5) is 28.3. The number of aryl methyl sites for hydroxylation is 4. The largest absolute Gasteiger partial charge is 0.416 e. The smallest absolute Gasteiger partial charge is 0.398 e. The maximum absolute atomic E-state index is 13.0. The number of nitrogen functional groups attached to an aromatic ring is 1. The highest BCUT2D eigenvalue weighted by molar-refractivity contribution is 8.76. The van der Waals surface area contributed by atoms with Gasteiger partial charge in [-0.25, -0.2) is 4.98 Å². The summed E-state index contributed by atoms with van der Waals surface area (Å²) in [6.07, 6.45) is 4.62. The van der Waals surface area contributed by atoms with Crippen LogP contribution in [0, 0.1) is 27.7 Å². The molecule has 3 aromatic heterocycles. The zero-order valence-electron chi connectivity index (χ0n) is 29.9. The summed E-state index contributed by atoms with van der Waals surface area (Å²) in [6, 6.07) is 20.0. The third-order valence-corrected chi connectivity index (χ3v) is 13.0. The van der Waals surface area contributed by atoms with Gasteiger partial charge in [-0.1, -0.05) is 57.5 Å². The summed E-state index contributed by atoms with van der Waals surface area (Å²) in [7, 11) is 2.65. The molecule has 272 valence electrons. The Morgan fingerprint density at radius 1 is 0.792 bits per heavy atom. The topological polar surface area (TPSA) is 81.8 Å². The summed E-state index contributed by atoms with van der Waals surface area (Å²) in [5.41, 5.74) is 15.6. The monoisotopic (exact) mass is 768 g/mol. The molecule has 3 heterocycles. The summed E-state index contributed by atoms with van der Waals surface area (Å²) in [6.45, 7) is 8.12. The first-order valence-corrected chi connectivity index (χ1v) is 20.5. The zero-order valence-corrected chi connectivity index (χ0v) is 32.3. The number of alkyl halides is 3. The normalized spacial score (nSPS) is 14.2. The Bertz CT molecular complexity index is 2330. The van der Waals surface area contributed by atoms with Gasteiger partial charge in [0.1, 0.15) is 16.4 Å². The van der Waals surface area contributed by atoms with Crippen LogP contribution in [0.5, 0.6) is 0 Å². The van der Waals surface area contributed by atoms with Gasteiger partial charge in [0.15, 0.2) is 5.78 Å². The number of fused-ring (bicyclic) bond motifs is 1. The van der Waals surface area contributed by atoms with E-state index in [0.29, 0.717) is 16.5 Å². The fourth-order valence-corrected chi connectivity index (χ4v) is 9.51. The predicted molar refractivity (Wildman–Crippen MR) is 212 cm³/mol. The minimum absolute atomic E-state index is 0.0543. The van der Waals surface area contributed by atoms with Gasteiger partial charge in [-0.15, -0.1) is 11.3 Å². The van der Waals surface area contributed by atoms with Crippen LogP contribution in [0.2, 0.25) is 0 Å². The minimum Gasteiger partial charge on any atom is -0.398 e. The van der Waals surface area contributed by atoms with E-state index in [9.17, 15) is 18.0 Å². The quantitative estimate of drug-likeness (QED) is 0.0891. The molecule has 0 bridgehead atoms. The highest BCUT2D eigenvalue weighted by Crippen LogP contribution is 2.44. The molecule has 11 heteroatoms. The van der Waals surface area contributed by atoms with Crippen LogP contribution in [-0.4, -0.2) is 20.7 Å². The van der Waals surface area contributed by atoms with E-state index in [4.69, 9.17) is 10.7 Å². The van der Waals surface area contributed by atoms with Crippen molar-refractivity contribution in [2.24, 2.45) is 0 Å². The van der Waals surface area contributed by atoms with Crippen molar-refractivity contribution in [2.75, 3.05) is 5.73 Å². The Labute approximate surface area is 319 Å². The van der Waals surface area contributed by atoms with Gasteiger partial charge in [0.2, 0.25) is 0 Å². The van der Waals surface area contributed by atoms with Crippen molar-refractivity contribution < 1.29 is 18.0 Å². The first kappa shape index (κ1) is 37.1. The number of hydrogen-bond acceptors (Lipinski definition) is 8. The van der Waals surface area contributed by atoms with Crippen molar-refractivity contribution in [1.29, 1.82) is 0 Å². The van der Waals surface area contributed by atoms with E-state index in [1.807, 2.05) is 44.4 Å². The Hall–Kier alpha value is -4.19. The molecular formula is C42H39F3N4OS3. The lowest BCUT2D eigenvalue weighted by Gasteiger charge is -2.13. The molecule has 8 rings (SSSR count). The molecule has 0 unspecified atom stereocenters. The van der Waals surface area contributed by atoms with Crippen LogP contribution in [0.3, 0.4) is 0 Å². The number of aromatic nitrogens is 3. The van der Waals surface area contributed by atoms with Crippen molar-refractivity contribution in [2.45, 2.75) is 87.6 Å². The van der Waals surface area contributed by atoms with Crippen LogP contribution in [0.1, 0.15) is 92.5 Å². The molecule has 2 N–H and O–H groups in total. The number of anilines is 1. The van der Waals surface area contributed by atoms with Crippen molar-refractivity contribution >= 4 is 54.6 Å². The molecule has 6 aromatic rings. The minimum atomic E-state index is -4.43. The zero-order chi connectivity index (χ0) is 37.4.